The molecule has 1 spiro atoms. The first kappa shape index (κ1) is 14.7. The molecule has 6 nitrogen and oxygen atoms in total. The Hall–Kier alpha value is -2.63. The molecular weight excluding hydrogens is 314 g/mol. The summed E-state index contributed by atoms with van der Waals surface area (Å²) in [6.45, 7) is 0.705. The fourth-order valence-electron chi connectivity index (χ4n) is 4.46. The molecule has 1 saturated heterocycles. The molecule has 0 radical (unpaired) electrons. The van der Waals surface area contributed by atoms with Crippen LogP contribution in [-0.4, -0.2) is 34.0 Å². The van der Waals surface area contributed by atoms with Crippen LogP contribution >= 0.6 is 0 Å². The van der Waals surface area contributed by atoms with Crippen LogP contribution < -0.4 is 15.5 Å². The fourth-order valence-corrected chi connectivity index (χ4v) is 4.46. The number of aromatic nitrogens is 2. The molecule has 2 aliphatic heterocycles. The smallest absolute Gasteiger partial charge is 0.246 e. The number of carbonyl (C=O) groups is 1. The molecule has 1 atom stereocenters. The van der Waals surface area contributed by atoms with Gasteiger partial charge in [-0.2, -0.15) is 4.98 Å². The highest BCUT2D eigenvalue weighted by molar-refractivity contribution is 5.93. The monoisotopic (exact) mass is 335 g/mol. The van der Waals surface area contributed by atoms with E-state index in [1.807, 2.05) is 24.4 Å². The van der Waals surface area contributed by atoms with Gasteiger partial charge in [-0.05, 0) is 25.3 Å². The molecule has 1 aromatic rings. The van der Waals surface area contributed by atoms with Gasteiger partial charge in [-0.15, -0.1) is 0 Å². The molecule has 128 valence electrons. The molecule has 1 unspecified atom stereocenters. The van der Waals surface area contributed by atoms with E-state index in [0.29, 0.717) is 12.5 Å². The van der Waals surface area contributed by atoms with Gasteiger partial charge in [0.25, 0.3) is 0 Å². The van der Waals surface area contributed by atoms with E-state index in [1.54, 1.807) is 0 Å². The van der Waals surface area contributed by atoms with Crippen molar-refractivity contribution in [3.05, 3.63) is 41.8 Å². The SMILES string of the molecule is O=C1NCC2(CCCC2)N2c3nc(NC4=CCC=C4)ncc3C=CC12. The maximum atomic E-state index is 12.5. The standard InChI is InChI=1S/C19H21N5O/c25-17-15-8-7-13-11-20-18(22-14-5-1-2-6-14)23-16(13)24(15)19(12-21-17)9-3-4-10-19/h1,5-8,11,15H,2-4,9-10,12H2,(H,21,25)(H,20,22,23). The Balaban J connectivity index is 1.57. The molecule has 1 amide bonds. The quantitative estimate of drug-likeness (QED) is 0.868. The van der Waals surface area contributed by atoms with Gasteiger partial charge in [0.05, 0.1) is 5.54 Å². The van der Waals surface area contributed by atoms with E-state index in [4.69, 9.17) is 4.98 Å². The van der Waals surface area contributed by atoms with E-state index < -0.39 is 0 Å². The number of nitrogens with one attached hydrogen (secondary N) is 2. The third kappa shape index (κ3) is 2.27. The molecule has 25 heavy (non-hydrogen) atoms. The Bertz CT molecular complexity index is 819. The van der Waals surface area contributed by atoms with E-state index in [9.17, 15) is 4.79 Å². The van der Waals surface area contributed by atoms with Crippen molar-refractivity contribution in [3.8, 4) is 0 Å². The Morgan fingerprint density at radius 1 is 1.28 bits per heavy atom. The minimum absolute atomic E-state index is 0.0176. The van der Waals surface area contributed by atoms with E-state index >= 15 is 0 Å². The number of hydrogen-bond acceptors (Lipinski definition) is 5. The highest BCUT2D eigenvalue weighted by atomic mass is 16.2. The predicted molar refractivity (Wildman–Crippen MR) is 97.0 cm³/mol. The number of allylic oxidation sites excluding steroid dienone is 3. The minimum atomic E-state index is -0.271. The number of hydrogen-bond donors (Lipinski definition) is 2. The molecule has 4 aliphatic rings. The largest absolute Gasteiger partial charge is 0.352 e. The van der Waals surface area contributed by atoms with Crippen molar-refractivity contribution in [2.75, 3.05) is 16.8 Å². The average Bonchev–Trinajstić information content (AvgIpc) is 3.30. The van der Waals surface area contributed by atoms with Crippen LogP contribution in [0, 0.1) is 0 Å². The van der Waals surface area contributed by atoms with Gasteiger partial charge >= 0.3 is 0 Å². The van der Waals surface area contributed by atoms with Crippen molar-refractivity contribution in [2.24, 2.45) is 0 Å². The Kier molecular flexibility index (Phi) is 3.20. The third-order valence-corrected chi connectivity index (χ3v) is 5.69. The molecule has 1 saturated carbocycles. The number of nitrogens with zero attached hydrogens (tertiary/aromatic N) is 3. The lowest BCUT2D eigenvalue weighted by molar-refractivity contribution is -0.123. The van der Waals surface area contributed by atoms with Crippen LogP contribution in [0.25, 0.3) is 6.08 Å². The first-order valence-corrected chi connectivity index (χ1v) is 9.01. The average molecular weight is 335 g/mol. The summed E-state index contributed by atoms with van der Waals surface area (Å²) in [5.41, 5.74) is 1.99. The summed E-state index contributed by atoms with van der Waals surface area (Å²) in [6, 6.07) is -0.271. The Labute approximate surface area is 146 Å². The van der Waals surface area contributed by atoms with Crippen LogP contribution in [-0.2, 0) is 4.79 Å². The number of carbonyl (C=O) groups excluding carboxylic acids is 1. The zero-order valence-electron chi connectivity index (χ0n) is 14.0. The zero-order valence-corrected chi connectivity index (χ0v) is 14.0. The molecule has 3 heterocycles. The molecule has 1 aromatic heterocycles. The predicted octanol–water partition coefficient (Wildman–Crippen LogP) is 2.38. The number of amides is 1. The summed E-state index contributed by atoms with van der Waals surface area (Å²) in [4.78, 5) is 24.0. The Morgan fingerprint density at radius 3 is 2.96 bits per heavy atom. The van der Waals surface area contributed by atoms with Crippen molar-refractivity contribution in [1.29, 1.82) is 0 Å². The van der Waals surface area contributed by atoms with Crippen LogP contribution in [0.5, 0.6) is 0 Å². The molecule has 2 fully saturated rings. The molecule has 0 bridgehead atoms. The summed E-state index contributed by atoms with van der Waals surface area (Å²) < 4.78 is 0. The van der Waals surface area contributed by atoms with Crippen molar-refractivity contribution in [2.45, 2.75) is 43.7 Å². The van der Waals surface area contributed by atoms with Crippen molar-refractivity contribution in [1.82, 2.24) is 15.3 Å². The minimum Gasteiger partial charge on any atom is -0.352 e. The molecule has 0 aromatic carbocycles. The number of piperazine rings is 1. The van der Waals surface area contributed by atoms with E-state index in [0.717, 1.165) is 36.3 Å². The molecular formula is C19H21N5O. The van der Waals surface area contributed by atoms with E-state index in [-0.39, 0.29) is 17.5 Å². The maximum absolute atomic E-state index is 12.5. The highest BCUT2D eigenvalue weighted by Crippen LogP contribution is 2.43. The molecule has 6 heteroatoms. The lowest BCUT2D eigenvalue weighted by Crippen LogP contribution is -2.67. The van der Waals surface area contributed by atoms with Gasteiger partial charge in [-0.1, -0.05) is 37.1 Å². The number of anilines is 2. The number of fused-ring (bicyclic) bond motifs is 4. The lowest BCUT2D eigenvalue weighted by Gasteiger charge is -2.50. The van der Waals surface area contributed by atoms with Crippen LogP contribution in [0.2, 0.25) is 0 Å². The topological polar surface area (TPSA) is 70.2 Å². The van der Waals surface area contributed by atoms with Crippen LogP contribution in [0.1, 0.15) is 37.7 Å². The first-order valence-electron chi connectivity index (χ1n) is 9.01. The second kappa shape index (κ2) is 5.44. The maximum Gasteiger partial charge on any atom is 0.246 e. The van der Waals surface area contributed by atoms with Crippen molar-refractivity contribution in [3.63, 3.8) is 0 Å². The van der Waals surface area contributed by atoms with Crippen LogP contribution in [0.3, 0.4) is 0 Å². The normalized spacial score (nSPS) is 25.6. The summed E-state index contributed by atoms with van der Waals surface area (Å²) in [6.07, 6.45) is 17.6. The van der Waals surface area contributed by atoms with Gasteiger partial charge in [-0.25, -0.2) is 4.98 Å². The third-order valence-electron chi connectivity index (χ3n) is 5.69. The second-order valence-electron chi connectivity index (χ2n) is 7.22. The van der Waals surface area contributed by atoms with Crippen LogP contribution in [0.4, 0.5) is 11.8 Å². The lowest BCUT2D eigenvalue weighted by atomic mass is 9.87. The summed E-state index contributed by atoms with van der Waals surface area (Å²) in [5.74, 6) is 1.53. The van der Waals surface area contributed by atoms with Gasteiger partial charge in [0.2, 0.25) is 11.9 Å². The van der Waals surface area contributed by atoms with Gasteiger partial charge in [-0.3, -0.25) is 4.79 Å². The molecule has 5 rings (SSSR count). The summed E-state index contributed by atoms with van der Waals surface area (Å²) >= 11 is 0. The first-order chi connectivity index (χ1) is 12.3. The number of rotatable bonds is 2. The fraction of sp³-hybridized carbons (Fsp3) is 0.421. The van der Waals surface area contributed by atoms with Gasteiger partial charge in [0.1, 0.15) is 11.9 Å². The van der Waals surface area contributed by atoms with Crippen molar-refractivity contribution >= 4 is 23.7 Å². The highest BCUT2D eigenvalue weighted by Gasteiger charge is 2.49. The second-order valence-corrected chi connectivity index (χ2v) is 7.22. The van der Waals surface area contributed by atoms with E-state index in [2.05, 4.69) is 32.7 Å². The van der Waals surface area contributed by atoms with Gasteiger partial charge < -0.3 is 15.5 Å². The van der Waals surface area contributed by atoms with Crippen LogP contribution in [0.15, 0.2) is 36.2 Å². The molecule has 2 aliphatic carbocycles. The summed E-state index contributed by atoms with van der Waals surface area (Å²) in [5, 5.41) is 6.39. The van der Waals surface area contributed by atoms with Gasteiger partial charge in [0, 0.05) is 24.0 Å². The van der Waals surface area contributed by atoms with Crippen molar-refractivity contribution < 1.29 is 4.79 Å². The van der Waals surface area contributed by atoms with Gasteiger partial charge in [0.15, 0.2) is 0 Å². The zero-order chi connectivity index (χ0) is 16.9. The summed E-state index contributed by atoms with van der Waals surface area (Å²) in [7, 11) is 0. The molecule has 2 N–H and O–H groups in total. The Morgan fingerprint density at radius 2 is 2.16 bits per heavy atom. The van der Waals surface area contributed by atoms with E-state index in [1.165, 1.54) is 12.8 Å².